The zero-order valence-corrected chi connectivity index (χ0v) is 11.2. The highest BCUT2D eigenvalue weighted by atomic mass is 16.3. The molecule has 0 spiro atoms. The predicted molar refractivity (Wildman–Crippen MR) is 78.2 cm³/mol. The third-order valence-corrected chi connectivity index (χ3v) is 3.17. The van der Waals surface area contributed by atoms with E-state index in [0.29, 0.717) is 0 Å². The van der Waals surface area contributed by atoms with Gasteiger partial charge in [0.15, 0.2) is 0 Å². The van der Waals surface area contributed by atoms with Gasteiger partial charge in [-0.1, -0.05) is 42.0 Å². The summed E-state index contributed by atoms with van der Waals surface area (Å²) >= 11 is 0. The molecule has 0 fully saturated rings. The lowest BCUT2D eigenvalue weighted by Crippen LogP contribution is -1.93. The number of aryl methyl sites for hydroxylation is 2. The minimum Gasteiger partial charge on any atom is -0.508 e. The molecule has 0 saturated heterocycles. The van der Waals surface area contributed by atoms with Crippen LogP contribution in [0.3, 0.4) is 0 Å². The molecule has 2 rings (SSSR count). The third-order valence-electron chi connectivity index (χ3n) is 3.17. The largest absolute Gasteiger partial charge is 0.508 e. The maximum absolute atomic E-state index is 9.66. The summed E-state index contributed by atoms with van der Waals surface area (Å²) in [7, 11) is 0. The summed E-state index contributed by atoms with van der Waals surface area (Å²) in [5, 5.41) is 18.9. The molecule has 0 aliphatic rings. The second-order valence-corrected chi connectivity index (χ2v) is 4.67. The quantitative estimate of drug-likeness (QED) is 0.881. The molecular formula is C17H18O2. The van der Waals surface area contributed by atoms with Crippen LogP contribution in [-0.2, 0) is 0 Å². The number of hydrogen-bond acceptors (Lipinski definition) is 2. The van der Waals surface area contributed by atoms with Crippen LogP contribution >= 0.6 is 0 Å². The first kappa shape index (κ1) is 13.4. The maximum Gasteiger partial charge on any atom is 0.116 e. The topological polar surface area (TPSA) is 40.5 Å². The standard InChI is InChI=1S/C17H18O2/c1-12-3-6-14(7-4-12)16(9-10-18)17-11-15(19)8-5-13(17)2/h3-9,11,18-19H,10H2,1-2H3/b16-9-. The number of aliphatic hydroxyl groups is 1. The molecule has 0 aromatic heterocycles. The average molecular weight is 254 g/mol. The SMILES string of the molecule is Cc1ccc(/C(=C/CO)c2cc(O)ccc2C)cc1. The van der Waals surface area contributed by atoms with Crippen molar-refractivity contribution >= 4 is 5.57 Å². The molecule has 0 radical (unpaired) electrons. The van der Waals surface area contributed by atoms with E-state index in [1.54, 1.807) is 18.2 Å². The Morgan fingerprint density at radius 1 is 1.05 bits per heavy atom. The van der Waals surface area contributed by atoms with Crippen molar-refractivity contribution in [2.24, 2.45) is 0 Å². The second kappa shape index (κ2) is 5.72. The van der Waals surface area contributed by atoms with Crippen LogP contribution < -0.4 is 0 Å². The first-order valence-corrected chi connectivity index (χ1v) is 6.30. The fraction of sp³-hybridized carbons (Fsp3) is 0.176. The van der Waals surface area contributed by atoms with E-state index in [9.17, 15) is 10.2 Å². The molecule has 2 aromatic rings. The van der Waals surface area contributed by atoms with Gasteiger partial charge in [0.25, 0.3) is 0 Å². The number of phenols is 1. The molecule has 2 aromatic carbocycles. The van der Waals surface area contributed by atoms with E-state index in [4.69, 9.17) is 0 Å². The van der Waals surface area contributed by atoms with Crippen LogP contribution in [0.15, 0.2) is 48.5 Å². The number of rotatable bonds is 3. The van der Waals surface area contributed by atoms with Gasteiger partial charge in [-0.25, -0.2) is 0 Å². The summed E-state index contributed by atoms with van der Waals surface area (Å²) in [5.74, 6) is 0.233. The highest BCUT2D eigenvalue weighted by molar-refractivity contribution is 5.82. The number of aliphatic hydroxyl groups excluding tert-OH is 1. The molecule has 2 N–H and O–H groups in total. The van der Waals surface area contributed by atoms with E-state index in [0.717, 1.165) is 22.3 Å². The van der Waals surface area contributed by atoms with E-state index < -0.39 is 0 Å². The van der Waals surface area contributed by atoms with Crippen LogP contribution in [-0.4, -0.2) is 16.8 Å². The number of hydrogen-bond donors (Lipinski definition) is 2. The first-order chi connectivity index (χ1) is 9.11. The minimum absolute atomic E-state index is 0.0295. The molecule has 0 aliphatic carbocycles. The molecule has 0 saturated carbocycles. The van der Waals surface area contributed by atoms with Crippen molar-refractivity contribution in [1.29, 1.82) is 0 Å². The Kier molecular flexibility index (Phi) is 4.03. The lowest BCUT2D eigenvalue weighted by molar-refractivity contribution is 0.343. The van der Waals surface area contributed by atoms with Crippen LogP contribution in [0.25, 0.3) is 5.57 Å². The van der Waals surface area contributed by atoms with Gasteiger partial charge in [0.2, 0.25) is 0 Å². The lowest BCUT2D eigenvalue weighted by Gasteiger charge is -2.12. The molecule has 98 valence electrons. The van der Waals surface area contributed by atoms with Gasteiger partial charge in [-0.15, -0.1) is 0 Å². The maximum atomic E-state index is 9.66. The van der Waals surface area contributed by atoms with Crippen molar-refractivity contribution in [3.63, 3.8) is 0 Å². The fourth-order valence-electron chi connectivity index (χ4n) is 2.11. The van der Waals surface area contributed by atoms with Gasteiger partial charge in [-0.3, -0.25) is 0 Å². The number of benzene rings is 2. The van der Waals surface area contributed by atoms with Crippen LogP contribution in [0.4, 0.5) is 0 Å². The fourth-order valence-corrected chi connectivity index (χ4v) is 2.11. The zero-order chi connectivity index (χ0) is 13.8. The molecule has 0 aliphatic heterocycles. The summed E-state index contributed by atoms with van der Waals surface area (Å²) in [6.07, 6.45) is 1.77. The number of phenolic OH excluding ortho intramolecular Hbond substituents is 1. The smallest absolute Gasteiger partial charge is 0.116 e. The van der Waals surface area contributed by atoms with Gasteiger partial charge in [-0.2, -0.15) is 0 Å². The van der Waals surface area contributed by atoms with Gasteiger partial charge in [-0.05, 0) is 48.2 Å². The molecule has 2 nitrogen and oxygen atoms in total. The molecule has 19 heavy (non-hydrogen) atoms. The van der Waals surface area contributed by atoms with E-state index in [2.05, 4.69) is 0 Å². The Balaban J connectivity index is 2.55. The highest BCUT2D eigenvalue weighted by Crippen LogP contribution is 2.29. The monoisotopic (exact) mass is 254 g/mol. The molecule has 2 heteroatoms. The first-order valence-electron chi connectivity index (χ1n) is 6.30. The van der Waals surface area contributed by atoms with Crippen molar-refractivity contribution in [3.05, 3.63) is 70.8 Å². The van der Waals surface area contributed by atoms with Gasteiger partial charge in [0.05, 0.1) is 6.61 Å². The normalized spacial score (nSPS) is 11.6. The van der Waals surface area contributed by atoms with Crippen molar-refractivity contribution in [2.75, 3.05) is 6.61 Å². The van der Waals surface area contributed by atoms with E-state index in [1.807, 2.05) is 44.2 Å². The van der Waals surface area contributed by atoms with E-state index in [1.165, 1.54) is 5.56 Å². The van der Waals surface area contributed by atoms with Gasteiger partial charge in [0, 0.05) is 0 Å². The van der Waals surface area contributed by atoms with Crippen LogP contribution in [0.5, 0.6) is 5.75 Å². The Morgan fingerprint density at radius 2 is 1.74 bits per heavy atom. The van der Waals surface area contributed by atoms with Gasteiger partial charge < -0.3 is 10.2 Å². The molecule has 0 amide bonds. The van der Waals surface area contributed by atoms with Crippen molar-refractivity contribution < 1.29 is 10.2 Å². The van der Waals surface area contributed by atoms with E-state index in [-0.39, 0.29) is 12.4 Å². The Labute approximate surface area is 113 Å². The molecular weight excluding hydrogens is 236 g/mol. The van der Waals surface area contributed by atoms with Crippen molar-refractivity contribution in [1.82, 2.24) is 0 Å². The lowest BCUT2D eigenvalue weighted by atomic mass is 9.93. The summed E-state index contributed by atoms with van der Waals surface area (Å²) in [6.45, 7) is 4.01. The highest BCUT2D eigenvalue weighted by Gasteiger charge is 2.08. The van der Waals surface area contributed by atoms with E-state index >= 15 is 0 Å². The molecule has 0 atom stereocenters. The second-order valence-electron chi connectivity index (χ2n) is 4.67. The van der Waals surface area contributed by atoms with Crippen molar-refractivity contribution in [3.8, 4) is 5.75 Å². The Morgan fingerprint density at radius 3 is 2.37 bits per heavy atom. The third kappa shape index (κ3) is 3.04. The summed E-state index contributed by atoms with van der Waals surface area (Å²) < 4.78 is 0. The number of aromatic hydroxyl groups is 1. The minimum atomic E-state index is -0.0295. The Hall–Kier alpha value is -2.06. The predicted octanol–water partition coefficient (Wildman–Crippen LogP) is 3.43. The van der Waals surface area contributed by atoms with Crippen LogP contribution in [0.1, 0.15) is 22.3 Å². The molecule has 0 bridgehead atoms. The zero-order valence-electron chi connectivity index (χ0n) is 11.2. The van der Waals surface area contributed by atoms with Crippen molar-refractivity contribution in [2.45, 2.75) is 13.8 Å². The molecule has 0 heterocycles. The summed E-state index contributed by atoms with van der Waals surface area (Å²) in [6, 6.07) is 13.4. The van der Waals surface area contributed by atoms with Crippen LogP contribution in [0.2, 0.25) is 0 Å². The van der Waals surface area contributed by atoms with Crippen LogP contribution in [0, 0.1) is 13.8 Å². The average Bonchev–Trinajstić information content (AvgIpc) is 2.40. The Bertz CT molecular complexity index is 595. The summed E-state index contributed by atoms with van der Waals surface area (Å²) in [4.78, 5) is 0. The summed E-state index contributed by atoms with van der Waals surface area (Å²) in [5.41, 5.74) is 5.18. The molecule has 0 unspecified atom stereocenters. The van der Waals surface area contributed by atoms with Gasteiger partial charge in [0.1, 0.15) is 5.75 Å². The van der Waals surface area contributed by atoms with Gasteiger partial charge >= 0.3 is 0 Å².